The number of hydrogen-bond acceptors (Lipinski definition) is 5. The predicted octanol–water partition coefficient (Wildman–Crippen LogP) is 1.77. The van der Waals surface area contributed by atoms with Gasteiger partial charge in [-0.3, -0.25) is 0 Å². The Balaban J connectivity index is 1.63. The molecule has 17 heavy (non-hydrogen) atoms. The van der Waals surface area contributed by atoms with Crippen LogP contribution in [0.2, 0.25) is 0 Å². The van der Waals surface area contributed by atoms with Gasteiger partial charge in [-0.05, 0) is 29.0 Å². The number of nitrogens with zero attached hydrogens (tertiary/aromatic N) is 4. The Labute approximate surface area is 104 Å². The molecule has 0 unspecified atom stereocenters. The molecule has 1 aromatic heterocycles. The van der Waals surface area contributed by atoms with Crippen molar-refractivity contribution in [1.82, 2.24) is 20.2 Å². The van der Waals surface area contributed by atoms with Crippen LogP contribution in [-0.2, 0) is 7.05 Å². The Morgan fingerprint density at radius 2 is 2.12 bits per heavy atom. The zero-order chi connectivity index (χ0) is 11.9. The monoisotopic (exact) mass is 250 g/mol. The van der Waals surface area contributed by atoms with Gasteiger partial charge in [-0.25, -0.2) is 4.68 Å². The summed E-state index contributed by atoms with van der Waals surface area (Å²) in [6.07, 6.45) is 0.965. The molecule has 0 amide bonds. The molecule has 0 saturated heterocycles. The topological polar surface area (TPSA) is 52.8 Å². The van der Waals surface area contributed by atoms with E-state index in [0.29, 0.717) is 6.61 Å². The molecule has 0 spiro atoms. The minimum absolute atomic E-state index is 0.711. The van der Waals surface area contributed by atoms with Crippen LogP contribution in [-0.4, -0.2) is 32.6 Å². The first-order valence-electron chi connectivity index (χ1n) is 5.39. The van der Waals surface area contributed by atoms with Crippen molar-refractivity contribution in [2.45, 2.75) is 11.6 Å². The lowest BCUT2D eigenvalue weighted by molar-refractivity contribution is 0.318. The lowest BCUT2D eigenvalue weighted by Crippen LogP contribution is -1.99. The summed E-state index contributed by atoms with van der Waals surface area (Å²) in [5, 5.41) is 12.1. The second-order valence-electron chi connectivity index (χ2n) is 3.45. The molecule has 0 fully saturated rings. The van der Waals surface area contributed by atoms with Gasteiger partial charge in [-0.2, -0.15) is 0 Å². The van der Waals surface area contributed by atoms with Crippen LogP contribution in [0.25, 0.3) is 0 Å². The van der Waals surface area contributed by atoms with Crippen LogP contribution < -0.4 is 4.74 Å². The first kappa shape index (κ1) is 11.9. The van der Waals surface area contributed by atoms with Crippen molar-refractivity contribution in [3.05, 3.63) is 30.3 Å². The minimum Gasteiger partial charge on any atom is -0.494 e. The Bertz CT molecular complexity index is 446. The molecule has 90 valence electrons. The van der Waals surface area contributed by atoms with Gasteiger partial charge in [0.25, 0.3) is 0 Å². The van der Waals surface area contributed by atoms with Crippen molar-refractivity contribution >= 4 is 11.8 Å². The van der Waals surface area contributed by atoms with Gasteiger partial charge in [0, 0.05) is 12.8 Å². The maximum atomic E-state index is 5.58. The molecule has 2 rings (SSSR count). The van der Waals surface area contributed by atoms with E-state index in [1.165, 1.54) is 0 Å². The number of rotatable bonds is 6. The highest BCUT2D eigenvalue weighted by molar-refractivity contribution is 7.99. The van der Waals surface area contributed by atoms with Gasteiger partial charge in [0.05, 0.1) is 6.61 Å². The van der Waals surface area contributed by atoms with E-state index in [2.05, 4.69) is 15.5 Å². The Morgan fingerprint density at radius 3 is 2.82 bits per heavy atom. The summed E-state index contributed by atoms with van der Waals surface area (Å²) in [5.74, 6) is 1.86. The largest absolute Gasteiger partial charge is 0.494 e. The van der Waals surface area contributed by atoms with Gasteiger partial charge in [0.1, 0.15) is 5.75 Å². The molecule has 0 bridgehead atoms. The molecule has 6 heteroatoms. The quantitative estimate of drug-likeness (QED) is 0.577. The first-order chi connectivity index (χ1) is 8.36. The van der Waals surface area contributed by atoms with Gasteiger partial charge >= 0.3 is 0 Å². The third kappa shape index (κ3) is 3.74. The highest BCUT2D eigenvalue weighted by Gasteiger charge is 2.01. The molecule has 0 aliphatic heterocycles. The van der Waals surface area contributed by atoms with Crippen molar-refractivity contribution in [1.29, 1.82) is 0 Å². The maximum absolute atomic E-state index is 5.58. The Kier molecular flexibility index (Phi) is 4.37. The number of aromatic nitrogens is 4. The fourth-order valence-corrected chi connectivity index (χ4v) is 2.04. The zero-order valence-corrected chi connectivity index (χ0v) is 10.4. The van der Waals surface area contributed by atoms with E-state index in [1.807, 2.05) is 37.4 Å². The van der Waals surface area contributed by atoms with E-state index in [1.54, 1.807) is 16.4 Å². The van der Waals surface area contributed by atoms with Crippen LogP contribution in [0, 0.1) is 0 Å². The van der Waals surface area contributed by atoms with E-state index >= 15 is 0 Å². The van der Waals surface area contributed by atoms with Gasteiger partial charge in [-0.15, -0.1) is 5.10 Å². The Morgan fingerprint density at radius 1 is 1.29 bits per heavy atom. The molecule has 5 nitrogen and oxygen atoms in total. The van der Waals surface area contributed by atoms with E-state index in [0.717, 1.165) is 23.1 Å². The molecule has 0 aliphatic carbocycles. The number of hydrogen-bond donors (Lipinski definition) is 0. The smallest absolute Gasteiger partial charge is 0.209 e. The number of benzene rings is 1. The molecule has 1 aromatic carbocycles. The SMILES string of the molecule is Cn1nnnc1SCCCOc1ccccc1. The summed E-state index contributed by atoms with van der Waals surface area (Å²) >= 11 is 1.64. The zero-order valence-electron chi connectivity index (χ0n) is 9.61. The lowest BCUT2D eigenvalue weighted by Gasteiger charge is -2.04. The summed E-state index contributed by atoms with van der Waals surface area (Å²) in [6, 6.07) is 9.83. The lowest BCUT2D eigenvalue weighted by atomic mass is 10.3. The van der Waals surface area contributed by atoms with Crippen LogP contribution in [0.3, 0.4) is 0 Å². The molecule has 2 aromatic rings. The third-order valence-corrected chi connectivity index (χ3v) is 3.21. The molecule has 0 saturated carbocycles. The van der Waals surface area contributed by atoms with E-state index in [9.17, 15) is 0 Å². The van der Waals surface area contributed by atoms with E-state index < -0.39 is 0 Å². The maximum Gasteiger partial charge on any atom is 0.209 e. The van der Waals surface area contributed by atoms with Crippen LogP contribution in [0.1, 0.15) is 6.42 Å². The van der Waals surface area contributed by atoms with E-state index in [-0.39, 0.29) is 0 Å². The number of ether oxygens (including phenoxy) is 1. The second kappa shape index (κ2) is 6.24. The van der Waals surface area contributed by atoms with Crippen LogP contribution >= 0.6 is 11.8 Å². The number of thioether (sulfide) groups is 1. The molecule has 0 atom stereocenters. The predicted molar refractivity (Wildman–Crippen MR) is 66.1 cm³/mol. The van der Waals surface area contributed by atoms with Crippen molar-refractivity contribution < 1.29 is 4.74 Å². The molecular weight excluding hydrogens is 236 g/mol. The highest BCUT2D eigenvalue weighted by atomic mass is 32.2. The van der Waals surface area contributed by atoms with Gasteiger partial charge in [0.15, 0.2) is 0 Å². The van der Waals surface area contributed by atoms with Crippen molar-refractivity contribution in [2.75, 3.05) is 12.4 Å². The van der Waals surface area contributed by atoms with Crippen molar-refractivity contribution in [3.8, 4) is 5.75 Å². The summed E-state index contributed by atoms with van der Waals surface area (Å²) < 4.78 is 7.25. The molecule has 0 aliphatic rings. The third-order valence-electron chi connectivity index (χ3n) is 2.11. The number of aryl methyl sites for hydroxylation is 1. The Hall–Kier alpha value is -1.56. The van der Waals surface area contributed by atoms with E-state index in [4.69, 9.17) is 4.74 Å². The van der Waals surface area contributed by atoms with Gasteiger partial charge in [0.2, 0.25) is 5.16 Å². The molecular formula is C11H14N4OS. The molecule has 0 N–H and O–H groups in total. The summed E-state index contributed by atoms with van der Waals surface area (Å²) in [4.78, 5) is 0. The minimum atomic E-state index is 0.711. The molecule has 0 radical (unpaired) electrons. The fourth-order valence-electron chi connectivity index (χ4n) is 1.27. The number of para-hydroxylation sites is 1. The van der Waals surface area contributed by atoms with Crippen molar-refractivity contribution in [3.63, 3.8) is 0 Å². The van der Waals surface area contributed by atoms with Crippen LogP contribution in [0.5, 0.6) is 5.75 Å². The van der Waals surface area contributed by atoms with Crippen molar-refractivity contribution in [2.24, 2.45) is 7.05 Å². The average Bonchev–Trinajstić information content (AvgIpc) is 2.76. The molecule has 1 heterocycles. The van der Waals surface area contributed by atoms with Gasteiger partial charge < -0.3 is 4.74 Å². The summed E-state index contributed by atoms with van der Waals surface area (Å²) in [5.41, 5.74) is 0. The fraction of sp³-hybridized carbons (Fsp3) is 0.364. The average molecular weight is 250 g/mol. The highest BCUT2D eigenvalue weighted by Crippen LogP contribution is 2.14. The normalized spacial score (nSPS) is 10.4. The standard InChI is InChI=1S/C11H14N4OS/c1-15-11(12-13-14-15)17-9-5-8-16-10-6-3-2-4-7-10/h2-4,6-7H,5,8-9H2,1H3. The summed E-state index contributed by atoms with van der Waals surface area (Å²) in [6.45, 7) is 0.711. The summed E-state index contributed by atoms with van der Waals surface area (Å²) in [7, 11) is 1.84. The van der Waals surface area contributed by atoms with Gasteiger partial charge in [-0.1, -0.05) is 30.0 Å². The second-order valence-corrected chi connectivity index (χ2v) is 4.51. The first-order valence-corrected chi connectivity index (χ1v) is 6.38. The van der Waals surface area contributed by atoms with Crippen LogP contribution in [0.4, 0.5) is 0 Å². The van der Waals surface area contributed by atoms with Crippen LogP contribution in [0.15, 0.2) is 35.5 Å². The number of tetrazole rings is 1.